The number of ether oxygens (including phenoxy) is 2. The third-order valence-electron chi connectivity index (χ3n) is 3.12. The van der Waals surface area contributed by atoms with Crippen LogP contribution in [0.4, 0.5) is 0 Å². The molecule has 104 valence electrons. The number of benzene rings is 2. The lowest BCUT2D eigenvalue weighted by atomic mass is 10.1. The quantitative estimate of drug-likeness (QED) is 0.713. The number of rotatable bonds is 2. The molecule has 0 saturated heterocycles. The van der Waals surface area contributed by atoms with Crippen LogP contribution >= 0.6 is 34.8 Å². The van der Waals surface area contributed by atoms with Crippen molar-refractivity contribution >= 4 is 34.8 Å². The summed E-state index contributed by atoms with van der Waals surface area (Å²) in [5.74, 6) is 1.43. The van der Waals surface area contributed by atoms with Crippen LogP contribution in [0.3, 0.4) is 0 Å². The smallest absolute Gasteiger partial charge is 0.161 e. The Hall–Kier alpha value is -1.09. The maximum Gasteiger partial charge on any atom is 0.161 e. The van der Waals surface area contributed by atoms with E-state index in [-0.39, 0.29) is 6.10 Å². The van der Waals surface area contributed by atoms with E-state index in [1.807, 2.05) is 30.3 Å². The molecule has 2 unspecified atom stereocenters. The molecule has 20 heavy (non-hydrogen) atoms. The summed E-state index contributed by atoms with van der Waals surface area (Å²) in [7, 11) is 0. The Bertz CT molecular complexity index is 630. The van der Waals surface area contributed by atoms with Crippen LogP contribution in [-0.2, 0) is 0 Å². The summed E-state index contributed by atoms with van der Waals surface area (Å²) in [4.78, 5) is 0. The van der Waals surface area contributed by atoms with Crippen LogP contribution in [-0.4, -0.2) is 12.7 Å². The zero-order valence-electron chi connectivity index (χ0n) is 10.4. The second kappa shape index (κ2) is 5.72. The molecule has 0 aromatic heterocycles. The fourth-order valence-electron chi connectivity index (χ4n) is 2.11. The number of para-hydroxylation sites is 2. The van der Waals surface area contributed by atoms with Gasteiger partial charge >= 0.3 is 0 Å². The maximum absolute atomic E-state index is 6.48. The molecule has 5 heteroatoms. The average molecular weight is 330 g/mol. The molecule has 2 atom stereocenters. The summed E-state index contributed by atoms with van der Waals surface area (Å²) in [6.07, 6.45) is -0.301. The van der Waals surface area contributed by atoms with Crippen molar-refractivity contribution in [3.63, 3.8) is 0 Å². The summed E-state index contributed by atoms with van der Waals surface area (Å²) in [6, 6.07) is 12.8. The molecule has 1 aliphatic rings. The van der Waals surface area contributed by atoms with Crippen LogP contribution in [0.25, 0.3) is 0 Å². The molecule has 1 heterocycles. The second-order valence-electron chi connectivity index (χ2n) is 4.48. The summed E-state index contributed by atoms with van der Waals surface area (Å²) >= 11 is 18.5. The molecule has 2 nitrogen and oxygen atoms in total. The van der Waals surface area contributed by atoms with Crippen LogP contribution in [0.5, 0.6) is 11.5 Å². The van der Waals surface area contributed by atoms with Gasteiger partial charge in [-0.2, -0.15) is 0 Å². The highest BCUT2D eigenvalue weighted by Crippen LogP contribution is 2.38. The standard InChI is InChI=1S/C15H11Cl3O2/c16-9-5-6-10(11(17)7-9)15(18)14-8-19-12-3-1-2-4-13(12)20-14/h1-7,14-15H,8H2. The van der Waals surface area contributed by atoms with Crippen molar-refractivity contribution in [2.24, 2.45) is 0 Å². The van der Waals surface area contributed by atoms with Gasteiger partial charge in [0.1, 0.15) is 12.0 Å². The van der Waals surface area contributed by atoms with E-state index in [0.717, 1.165) is 11.3 Å². The molecule has 0 saturated carbocycles. The first-order chi connectivity index (χ1) is 9.65. The lowest BCUT2D eigenvalue weighted by Crippen LogP contribution is -2.32. The van der Waals surface area contributed by atoms with Gasteiger partial charge < -0.3 is 9.47 Å². The van der Waals surface area contributed by atoms with Crippen molar-refractivity contribution in [2.75, 3.05) is 6.61 Å². The minimum atomic E-state index is -0.409. The Morgan fingerprint density at radius 3 is 2.55 bits per heavy atom. The Kier molecular flexibility index (Phi) is 3.97. The van der Waals surface area contributed by atoms with Gasteiger partial charge in [-0.05, 0) is 29.8 Å². The van der Waals surface area contributed by atoms with Crippen LogP contribution < -0.4 is 9.47 Å². The molecule has 0 N–H and O–H groups in total. The molecule has 2 aromatic rings. The van der Waals surface area contributed by atoms with Gasteiger partial charge in [0.15, 0.2) is 17.6 Å². The second-order valence-corrected chi connectivity index (χ2v) is 5.80. The molecule has 1 aliphatic heterocycles. The maximum atomic E-state index is 6.48. The highest BCUT2D eigenvalue weighted by Gasteiger charge is 2.29. The third kappa shape index (κ3) is 2.69. The predicted octanol–water partition coefficient (Wildman–Crippen LogP) is 5.11. The van der Waals surface area contributed by atoms with Crippen molar-refractivity contribution < 1.29 is 9.47 Å². The fraction of sp³-hybridized carbons (Fsp3) is 0.200. The van der Waals surface area contributed by atoms with E-state index in [1.54, 1.807) is 12.1 Å². The van der Waals surface area contributed by atoms with Crippen molar-refractivity contribution in [3.05, 3.63) is 58.1 Å². The molecule has 0 amide bonds. The van der Waals surface area contributed by atoms with Crippen molar-refractivity contribution in [3.8, 4) is 11.5 Å². The van der Waals surface area contributed by atoms with E-state index in [1.165, 1.54) is 0 Å². The Morgan fingerprint density at radius 1 is 1.05 bits per heavy atom. The van der Waals surface area contributed by atoms with Crippen LogP contribution in [0.15, 0.2) is 42.5 Å². The van der Waals surface area contributed by atoms with E-state index < -0.39 is 5.38 Å². The lowest BCUT2D eigenvalue weighted by molar-refractivity contribution is 0.0877. The number of halogens is 3. The van der Waals surface area contributed by atoms with Gasteiger partial charge in [0, 0.05) is 10.0 Å². The molecule has 0 spiro atoms. The summed E-state index contributed by atoms with van der Waals surface area (Å²) in [5.41, 5.74) is 0.783. The third-order valence-corrected chi connectivity index (χ3v) is 4.20. The largest absolute Gasteiger partial charge is 0.486 e. The predicted molar refractivity (Wildman–Crippen MR) is 81.4 cm³/mol. The summed E-state index contributed by atoms with van der Waals surface area (Å²) in [6.45, 7) is 0.379. The first-order valence-electron chi connectivity index (χ1n) is 6.12. The Balaban J connectivity index is 1.84. The van der Waals surface area contributed by atoms with Gasteiger partial charge in [-0.3, -0.25) is 0 Å². The van der Waals surface area contributed by atoms with Gasteiger partial charge in [0.2, 0.25) is 0 Å². The number of alkyl halides is 1. The number of fused-ring (bicyclic) bond motifs is 1. The van der Waals surface area contributed by atoms with Gasteiger partial charge in [0.25, 0.3) is 0 Å². The molecule has 3 rings (SSSR count). The normalized spacial score (nSPS) is 18.6. The first-order valence-corrected chi connectivity index (χ1v) is 7.32. The minimum Gasteiger partial charge on any atom is -0.486 e. The molecule has 0 aliphatic carbocycles. The van der Waals surface area contributed by atoms with Crippen LogP contribution in [0, 0.1) is 0 Å². The topological polar surface area (TPSA) is 18.5 Å². The Labute approximate surface area is 132 Å². The minimum absolute atomic E-state index is 0.301. The van der Waals surface area contributed by atoms with Crippen molar-refractivity contribution in [1.29, 1.82) is 0 Å². The monoisotopic (exact) mass is 328 g/mol. The first kappa shape index (κ1) is 13.9. The van der Waals surface area contributed by atoms with Crippen molar-refractivity contribution in [2.45, 2.75) is 11.5 Å². The zero-order chi connectivity index (χ0) is 14.1. The molecule has 2 aromatic carbocycles. The van der Waals surface area contributed by atoms with E-state index in [9.17, 15) is 0 Å². The van der Waals surface area contributed by atoms with Crippen LogP contribution in [0.1, 0.15) is 10.9 Å². The highest BCUT2D eigenvalue weighted by atomic mass is 35.5. The van der Waals surface area contributed by atoms with E-state index in [4.69, 9.17) is 44.3 Å². The highest BCUT2D eigenvalue weighted by molar-refractivity contribution is 6.35. The lowest BCUT2D eigenvalue weighted by Gasteiger charge is -2.29. The number of hydrogen-bond donors (Lipinski definition) is 0. The summed E-state index contributed by atoms with van der Waals surface area (Å²) < 4.78 is 11.5. The van der Waals surface area contributed by atoms with Gasteiger partial charge in [-0.1, -0.05) is 41.4 Å². The summed E-state index contributed by atoms with van der Waals surface area (Å²) in [5, 5.41) is 0.696. The molecule has 0 radical (unpaired) electrons. The molecular weight excluding hydrogens is 319 g/mol. The van der Waals surface area contributed by atoms with Crippen LogP contribution in [0.2, 0.25) is 10.0 Å². The molecular formula is C15H11Cl3O2. The molecule has 0 fully saturated rings. The Morgan fingerprint density at radius 2 is 1.80 bits per heavy atom. The number of hydrogen-bond acceptors (Lipinski definition) is 2. The van der Waals surface area contributed by atoms with E-state index in [2.05, 4.69) is 0 Å². The average Bonchev–Trinajstić information content (AvgIpc) is 2.46. The van der Waals surface area contributed by atoms with Gasteiger partial charge in [-0.15, -0.1) is 11.6 Å². The van der Waals surface area contributed by atoms with Gasteiger partial charge in [-0.25, -0.2) is 0 Å². The van der Waals surface area contributed by atoms with Gasteiger partial charge in [0.05, 0.1) is 0 Å². The van der Waals surface area contributed by atoms with E-state index in [0.29, 0.717) is 22.4 Å². The van der Waals surface area contributed by atoms with E-state index >= 15 is 0 Å². The fourth-order valence-corrected chi connectivity index (χ4v) is 3.00. The van der Waals surface area contributed by atoms with Crippen molar-refractivity contribution in [1.82, 2.24) is 0 Å². The SMILES string of the molecule is Clc1ccc(C(Cl)C2COc3ccccc3O2)c(Cl)c1. The molecule has 0 bridgehead atoms. The zero-order valence-corrected chi connectivity index (χ0v) is 12.6.